The van der Waals surface area contributed by atoms with Gasteiger partial charge in [-0.05, 0) is 108 Å². The van der Waals surface area contributed by atoms with Crippen LogP contribution in [0.25, 0.3) is 74.7 Å². The van der Waals surface area contributed by atoms with Crippen molar-refractivity contribution in [1.82, 2.24) is 0 Å². The lowest BCUT2D eigenvalue weighted by atomic mass is 9.82. The largest absolute Gasteiger partial charge is 0.310 e. The molecule has 10 aromatic rings. The topological polar surface area (TPSA) is 3.24 Å². The molecule has 0 bridgehead atoms. The predicted octanol–water partition coefficient (Wildman–Crippen LogP) is 15.0. The maximum Gasteiger partial charge on any atom is 0.0476 e. The van der Waals surface area contributed by atoms with Crippen molar-refractivity contribution < 1.29 is 0 Å². The number of anilines is 3. The van der Waals surface area contributed by atoms with Crippen LogP contribution in [0.1, 0.15) is 25.0 Å². The third kappa shape index (κ3) is 4.56. The monoisotopic (exact) mass is 693 g/mol. The minimum atomic E-state index is -0.0398. The van der Waals surface area contributed by atoms with E-state index in [4.69, 9.17) is 0 Å². The molecule has 1 nitrogen and oxygen atoms in total. The van der Waals surface area contributed by atoms with Crippen LogP contribution in [0.15, 0.2) is 176 Å². The molecule has 0 spiro atoms. The molecule has 0 amide bonds. The Morgan fingerprint density at radius 3 is 1.92 bits per heavy atom. The highest BCUT2D eigenvalue weighted by molar-refractivity contribution is 7.25. The Hall–Kier alpha value is -6.22. The summed E-state index contributed by atoms with van der Waals surface area (Å²) < 4.78 is 2.62. The summed E-state index contributed by atoms with van der Waals surface area (Å²) in [4.78, 5) is 2.44. The van der Waals surface area contributed by atoms with Gasteiger partial charge < -0.3 is 4.90 Å². The molecule has 1 heterocycles. The fourth-order valence-electron chi connectivity index (χ4n) is 9.05. The van der Waals surface area contributed by atoms with Crippen LogP contribution in [0.3, 0.4) is 0 Å². The van der Waals surface area contributed by atoms with Gasteiger partial charge in [0.2, 0.25) is 0 Å². The van der Waals surface area contributed by atoms with Crippen LogP contribution >= 0.6 is 11.3 Å². The Bertz CT molecular complexity index is 3090. The van der Waals surface area contributed by atoms with Gasteiger partial charge in [-0.1, -0.05) is 147 Å². The van der Waals surface area contributed by atoms with Crippen LogP contribution in [0.4, 0.5) is 17.1 Å². The lowest BCUT2D eigenvalue weighted by Gasteiger charge is -2.27. The van der Waals surface area contributed by atoms with Gasteiger partial charge in [0, 0.05) is 42.6 Å². The summed E-state index contributed by atoms with van der Waals surface area (Å²) in [7, 11) is 0. The Labute approximate surface area is 313 Å². The van der Waals surface area contributed by atoms with E-state index in [1.165, 1.54) is 85.9 Å². The highest BCUT2D eigenvalue weighted by Gasteiger charge is 2.35. The number of nitrogens with zero attached hydrogens (tertiary/aromatic N) is 1. The molecule has 0 unspecified atom stereocenters. The van der Waals surface area contributed by atoms with Crippen molar-refractivity contribution >= 4 is 80.9 Å². The second-order valence-electron chi connectivity index (χ2n) is 14.9. The number of hydrogen-bond donors (Lipinski definition) is 0. The Morgan fingerprint density at radius 1 is 0.396 bits per heavy atom. The summed E-state index contributed by atoms with van der Waals surface area (Å²) in [6, 6.07) is 65.5. The first kappa shape index (κ1) is 30.4. The lowest BCUT2D eigenvalue weighted by molar-refractivity contribution is 0.660. The van der Waals surface area contributed by atoms with Crippen LogP contribution in [0.2, 0.25) is 0 Å². The summed E-state index contributed by atoms with van der Waals surface area (Å²) in [6.45, 7) is 4.70. The Kier molecular flexibility index (Phi) is 6.53. The smallest absolute Gasteiger partial charge is 0.0476 e. The van der Waals surface area contributed by atoms with Crippen molar-refractivity contribution in [3.8, 4) is 22.3 Å². The van der Waals surface area contributed by atoms with Crippen molar-refractivity contribution in [2.45, 2.75) is 19.3 Å². The molecule has 0 aliphatic heterocycles. The van der Waals surface area contributed by atoms with Gasteiger partial charge in [-0.25, -0.2) is 0 Å². The normalized spacial score (nSPS) is 13.2. The minimum Gasteiger partial charge on any atom is -0.310 e. The maximum atomic E-state index is 2.44. The molecule has 9 aromatic carbocycles. The molecule has 0 radical (unpaired) electrons. The standard InChI is InChI=1S/C51H35NS/c1-51(2)46-16-7-5-13-41(46)45-30-36(25-29-47(45)51)52(37-24-28-43-42-14-6-8-17-48(42)53-49(43)31-37)35-22-18-33(19-23-35)39-15-9-11-34-21-26-40-38-12-4-3-10-32(38)20-27-44(40)50(34)39/h3-31H,1-2H3. The molecule has 11 rings (SSSR count). The van der Waals surface area contributed by atoms with Crippen molar-refractivity contribution in [1.29, 1.82) is 0 Å². The van der Waals surface area contributed by atoms with Gasteiger partial charge in [-0.3, -0.25) is 0 Å². The molecule has 0 saturated carbocycles. The van der Waals surface area contributed by atoms with Crippen molar-refractivity contribution in [3.05, 3.63) is 187 Å². The van der Waals surface area contributed by atoms with E-state index in [1.54, 1.807) is 0 Å². The van der Waals surface area contributed by atoms with Gasteiger partial charge in [0.1, 0.15) is 0 Å². The lowest BCUT2D eigenvalue weighted by Crippen LogP contribution is -2.15. The van der Waals surface area contributed by atoms with Crippen LogP contribution in [-0.4, -0.2) is 0 Å². The number of benzene rings is 9. The third-order valence-electron chi connectivity index (χ3n) is 11.6. The zero-order chi connectivity index (χ0) is 35.3. The Balaban J connectivity index is 1.09. The van der Waals surface area contributed by atoms with Crippen LogP contribution in [0, 0.1) is 0 Å². The van der Waals surface area contributed by atoms with Crippen molar-refractivity contribution in [2.24, 2.45) is 0 Å². The zero-order valence-electron chi connectivity index (χ0n) is 29.6. The predicted molar refractivity (Wildman–Crippen MR) is 230 cm³/mol. The number of thiophene rings is 1. The summed E-state index contributed by atoms with van der Waals surface area (Å²) in [6.07, 6.45) is 0. The first-order valence-corrected chi connectivity index (χ1v) is 19.2. The zero-order valence-corrected chi connectivity index (χ0v) is 30.4. The quantitative estimate of drug-likeness (QED) is 0.166. The highest BCUT2D eigenvalue weighted by Crippen LogP contribution is 2.51. The molecule has 0 fully saturated rings. The van der Waals surface area contributed by atoms with Crippen LogP contribution in [-0.2, 0) is 5.41 Å². The molecule has 0 atom stereocenters. The van der Waals surface area contributed by atoms with E-state index >= 15 is 0 Å². The van der Waals surface area contributed by atoms with Crippen molar-refractivity contribution in [2.75, 3.05) is 4.90 Å². The van der Waals surface area contributed by atoms with Gasteiger partial charge in [0.15, 0.2) is 0 Å². The van der Waals surface area contributed by atoms with E-state index in [1.807, 2.05) is 11.3 Å². The minimum absolute atomic E-state index is 0.0398. The van der Waals surface area contributed by atoms with Gasteiger partial charge >= 0.3 is 0 Å². The number of rotatable bonds is 4. The molecule has 0 saturated heterocycles. The fourth-order valence-corrected chi connectivity index (χ4v) is 10.2. The molecule has 1 aromatic heterocycles. The number of fused-ring (bicyclic) bond motifs is 11. The van der Waals surface area contributed by atoms with E-state index in [0.717, 1.165) is 17.1 Å². The van der Waals surface area contributed by atoms with E-state index in [2.05, 4.69) is 195 Å². The molecule has 2 heteroatoms. The molecule has 0 N–H and O–H groups in total. The van der Waals surface area contributed by atoms with E-state index in [9.17, 15) is 0 Å². The molecule has 53 heavy (non-hydrogen) atoms. The maximum absolute atomic E-state index is 2.44. The molecule has 1 aliphatic carbocycles. The summed E-state index contributed by atoms with van der Waals surface area (Å²) in [5.41, 5.74) is 11.3. The summed E-state index contributed by atoms with van der Waals surface area (Å²) in [5, 5.41) is 10.3. The van der Waals surface area contributed by atoms with E-state index < -0.39 is 0 Å². The second kappa shape index (κ2) is 11.4. The molecule has 250 valence electrons. The average molecular weight is 694 g/mol. The second-order valence-corrected chi connectivity index (χ2v) is 16.0. The fraction of sp³-hybridized carbons (Fsp3) is 0.0588. The van der Waals surface area contributed by atoms with E-state index in [-0.39, 0.29) is 5.41 Å². The average Bonchev–Trinajstić information content (AvgIpc) is 3.69. The first-order valence-electron chi connectivity index (χ1n) is 18.4. The summed E-state index contributed by atoms with van der Waals surface area (Å²) >= 11 is 1.87. The SMILES string of the molecule is CC1(C)c2ccccc2-c2cc(N(c3ccc(-c4cccc5ccc6c7ccccc7ccc6c45)cc3)c3ccc4c(c3)sc3ccccc34)ccc21. The molecule has 1 aliphatic rings. The van der Waals surface area contributed by atoms with Crippen molar-refractivity contribution in [3.63, 3.8) is 0 Å². The van der Waals surface area contributed by atoms with Crippen LogP contribution < -0.4 is 4.90 Å². The molecular formula is C51H35NS. The van der Waals surface area contributed by atoms with Gasteiger partial charge in [-0.15, -0.1) is 11.3 Å². The summed E-state index contributed by atoms with van der Waals surface area (Å²) in [5.74, 6) is 0. The number of hydrogen-bond acceptors (Lipinski definition) is 2. The third-order valence-corrected chi connectivity index (χ3v) is 12.8. The molecular weight excluding hydrogens is 659 g/mol. The van der Waals surface area contributed by atoms with Gasteiger partial charge in [0.05, 0.1) is 0 Å². The highest BCUT2D eigenvalue weighted by atomic mass is 32.1. The van der Waals surface area contributed by atoms with Gasteiger partial charge in [0.25, 0.3) is 0 Å². The Morgan fingerprint density at radius 2 is 1.02 bits per heavy atom. The van der Waals surface area contributed by atoms with E-state index in [0.29, 0.717) is 0 Å². The first-order chi connectivity index (χ1) is 26.0. The van der Waals surface area contributed by atoms with Crippen LogP contribution in [0.5, 0.6) is 0 Å². The van der Waals surface area contributed by atoms with Gasteiger partial charge in [-0.2, -0.15) is 0 Å².